The first kappa shape index (κ1) is 59.3. The Bertz CT molecular complexity index is 1690. The number of rotatable bonds is 9. The van der Waals surface area contributed by atoms with Crippen LogP contribution in [0.25, 0.3) is 0 Å². The van der Waals surface area contributed by atoms with Crippen LogP contribution in [-0.2, 0) is 76.1 Å². The van der Waals surface area contributed by atoms with Gasteiger partial charge in [0, 0.05) is 12.6 Å². The quantitative estimate of drug-likeness (QED) is 0.0768. The van der Waals surface area contributed by atoms with Crippen molar-refractivity contribution in [1.29, 1.82) is 0 Å². The lowest BCUT2D eigenvalue weighted by atomic mass is 10.1. The normalized spacial score (nSPS) is 37.8. The number of aliphatic hydroxyl groups is 9. The molecule has 8 aliphatic rings. The molecule has 0 spiro atoms. The van der Waals surface area contributed by atoms with E-state index in [1.165, 1.54) is 0 Å². The first-order chi connectivity index (χ1) is 31.1. The molecule has 0 aromatic carbocycles. The number of carbonyl (C=O) groups excluding carboxylic acids is 5. The summed E-state index contributed by atoms with van der Waals surface area (Å²) in [5.74, 6) is -4.67. The van der Waals surface area contributed by atoms with E-state index in [-0.39, 0.29) is 67.9 Å². The van der Waals surface area contributed by atoms with E-state index in [1.807, 2.05) is 27.7 Å². The van der Waals surface area contributed by atoms with Crippen LogP contribution in [0.15, 0.2) is 0 Å². The van der Waals surface area contributed by atoms with Gasteiger partial charge in [0.2, 0.25) is 0 Å². The van der Waals surface area contributed by atoms with Crippen molar-refractivity contribution in [2.45, 2.75) is 196 Å². The maximum Gasteiger partial charge on any atom is 0.338 e. The summed E-state index contributed by atoms with van der Waals surface area (Å²) in [6.07, 6.45) is -13.3. The average Bonchev–Trinajstić information content (AvgIpc) is 4.13. The van der Waals surface area contributed by atoms with E-state index in [9.17, 15) is 34.2 Å². The lowest BCUT2D eigenvalue weighted by Crippen LogP contribution is -2.40. The van der Waals surface area contributed by atoms with Crippen molar-refractivity contribution in [2.75, 3.05) is 33.0 Å². The van der Waals surface area contributed by atoms with Crippen molar-refractivity contribution < 1.29 is 122 Å². The van der Waals surface area contributed by atoms with E-state index in [1.54, 1.807) is 27.7 Å². The first-order valence-corrected chi connectivity index (χ1v) is 21.8. The Morgan fingerprint density at radius 1 is 0.574 bits per heavy atom. The molecule has 8 aliphatic heterocycles. The largest absolute Gasteiger partial charge is 0.458 e. The number of hydrogen-bond donors (Lipinski definition) is 10. The number of carbonyl (C=O) groups is 5. The molecule has 0 saturated carbocycles. The summed E-state index contributed by atoms with van der Waals surface area (Å²) in [6.45, 7) is 14.9. The molecule has 0 bridgehead atoms. The number of fused-ring (bicyclic) bond motifs is 1. The number of hydrogen-bond acceptors (Lipinski definition) is 26. The molecule has 394 valence electrons. The van der Waals surface area contributed by atoms with Crippen LogP contribution in [0.5, 0.6) is 0 Å². The lowest BCUT2D eigenvalue weighted by Gasteiger charge is -2.25. The molecule has 27 heteroatoms. The standard InChI is InChI=1S/C12H18O6.C9H14O5.C8H15NO3.C6H10O6.C6H10O5.ClH/c1-11(2)14-5-6(16-11)7-8-9(10(13)15-7)18-12(3,4)17-8;1-9(2)12-4-6(14-9)8-5(10)3-7(11)13-8;1-5(2)9-4-7-6(10)3-8(11)12-7;7-1-2(8)5-3(9)4(10)6(11)12-5;7-2-4(9)6-3(8)1-5(10)11-6;/h6-9H,5H2,1-4H3;5-6,8,10H,3-4H2,1-2H3;5-7,9-10H,3-4H2,1-2H3;2-5,7-10H,1H2;3-4,6-9H,1-2H2;1H/t6?,7-,8+,9?;5-,6?,8+;6-,7-;2?,3-,4?,5-;3-,4?,6+;/m11111./s1. The molecule has 68 heavy (non-hydrogen) atoms. The molecule has 0 aromatic heterocycles. The molecule has 0 aliphatic carbocycles. The summed E-state index contributed by atoms with van der Waals surface area (Å²) in [5, 5.41) is 83.7. The second kappa shape index (κ2) is 24.9. The highest BCUT2D eigenvalue weighted by molar-refractivity contribution is 5.85. The molecule has 8 saturated heterocycles. The van der Waals surface area contributed by atoms with Crippen LogP contribution in [0.4, 0.5) is 0 Å². The van der Waals surface area contributed by atoms with Crippen LogP contribution >= 0.6 is 12.4 Å². The minimum Gasteiger partial charge on any atom is -0.458 e. The maximum absolute atomic E-state index is 11.7. The highest BCUT2D eigenvalue weighted by atomic mass is 35.5. The molecule has 8 rings (SSSR count). The number of cyclic esters (lactones) is 5. The van der Waals surface area contributed by atoms with Crippen molar-refractivity contribution in [3.63, 3.8) is 0 Å². The van der Waals surface area contributed by atoms with Crippen molar-refractivity contribution in [1.82, 2.24) is 5.32 Å². The van der Waals surface area contributed by atoms with Gasteiger partial charge in [-0.3, -0.25) is 14.4 Å². The average molecular weight is 1010 g/mol. The summed E-state index contributed by atoms with van der Waals surface area (Å²) < 4.78 is 57.3. The zero-order chi connectivity index (χ0) is 50.3. The zero-order valence-electron chi connectivity index (χ0n) is 38.9. The number of nitrogens with one attached hydrogen (secondary N) is 1. The molecule has 6 unspecified atom stereocenters. The van der Waals surface area contributed by atoms with Gasteiger partial charge in [0.15, 0.2) is 54.0 Å². The maximum atomic E-state index is 11.7. The molecular weight excluding hydrogens is 942 g/mol. The van der Waals surface area contributed by atoms with E-state index in [0.717, 1.165) is 0 Å². The van der Waals surface area contributed by atoms with Gasteiger partial charge in [0.05, 0.1) is 45.7 Å². The Morgan fingerprint density at radius 2 is 1.07 bits per heavy atom. The fourth-order valence-electron chi connectivity index (χ4n) is 7.55. The Balaban J connectivity index is 0.000000227. The number of ether oxygens (including phenoxy) is 11. The molecule has 0 aromatic rings. The summed E-state index contributed by atoms with van der Waals surface area (Å²) in [6, 6.07) is 0.344. The van der Waals surface area contributed by atoms with Crippen LogP contribution in [0.2, 0.25) is 0 Å². The Kier molecular flexibility index (Phi) is 21.7. The molecule has 0 amide bonds. The molecule has 26 nitrogen and oxygen atoms in total. The number of esters is 5. The Labute approximate surface area is 397 Å². The summed E-state index contributed by atoms with van der Waals surface area (Å²) >= 11 is 0. The van der Waals surface area contributed by atoms with Crippen LogP contribution in [0.1, 0.15) is 74.7 Å². The van der Waals surface area contributed by atoms with Crippen LogP contribution in [-0.4, -0.2) is 230 Å². The summed E-state index contributed by atoms with van der Waals surface area (Å²) in [5.41, 5.74) is 0. The Morgan fingerprint density at radius 3 is 1.49 bits per heavy atom. The van der Waals surface area contributed by atoms with Gasteiger partial charge < -0.3 is 103 Å². The Hall–Kier alpha value is -3.00. The smallest absolute Gasteiger partial charge is 0.338 e. The van der Waals surface area contributed by atoms with Gasteiger partial charge in [-0.15, -0.1) is 12.4 Å². The van der Waals surface area contributed by atoms with Crippen molar-refractivity contribution >= 4 is 42.3 Å². The van der Waals surface area contributed by atoms with Gasteiger partial charge in [0.1, 0.15) is 61.0 Å². The number of aliphatic hydroxyl groups excluding tert-OH is 9. The van der Waals surface area contributed by atoms with Gasteiger partial charge in [-0.05, 0) is 41.5 Å². The second-order valence-corrected chi connectivity index (χ2v) is 18.3. The molecule has 16 atom stereocenters. The SMILES string of the molecule is CC(C)NC[C@H]1OC(=O)C[C@H]1O.CC1(C)OCC([C@H]2OC(=O)C3OC(C)(C)O[C@H]32)O1.CC1(C)OCC([C@H]2OC(=O)C[C@H]2O)O1.Cl.O=C1C[C@@H](O)[C@@H](C(O)CO)O1.O=C1O[C@H](C(O)CO)[C@H](O)C1O. The summed E-state index contributed by atoms with van der Waals surface area (Å²) in [4.78, 5) is 54.4. The second-order valence-electron chi connectivity index (χ2n) is 18.3. The molecular formula is C41H68ClNO25. The topological polar surface area (TPSA) is 381 Å². The van der Waals surface area contributed by atoms with Crippen molar-refractivity contribution in [2.24, 2.45) is 0 Å². The first-order valence-electron chi connectivity index (χ1n) is 21.8. The van der Waals surface area contributed by atoms with Crippen LogP contribution in [0, 0.1) is 0 Å². The molecule has 0 radical (unpaired) electrons. The lowest BCUT2D eigenvalue weighted by molar-refractivity contribution is -0.200. The highest BCUT2D eigenvalue weighted by Crippen LogP contribution is 2.40. The van der Waals surface area contributed by atoms with Gasteiger partial charge in [-0.25, -0.2) is 9.59 Å². The minimum atomic E-state index is -1.63. The molecule has 10 N–H and O–H groups in total. The van der Waals surface area contributed by atoms with Crippen molar-refractivity contribution in [3.05, 3.63) is 0 Å². The fraction of sp³-hybridized carbons (Fsp3) is 0.878. The third-order valence-corrected chi connectivity index (χ3v) is 10.9. The third kappa shape index (κ3) is 16.3. The molecule has 8 heterocycles. The number of halogens is 1. The monoisotopic (exact) mass is 1010 g/mol. The summed E-state index contributed by atoms with van der Waals surface area (Å²) in [7, 11) is 0. The van der Waals surface area contributed by atoms with Crippen LogP contribution < -0.4 is 5.32 Å². The van der Waals surface area contributed by atoms with Gasteiger partial charge in [-0.2, -0.15) is 0 Å². The zero-order valence-corrected chi connectivity index (χ0v) is 39.8. The minimum absolute atomic E-state index is 0. The predicted octanol–water partition coefficient (Wildman–Crippen LogP) is -4.52. The van der Waals surface area contributed by atoms with Crippen LogP contribution in [0.3, 0.4) is 0 Å². The third-order valence-electron chi connectivity index (χ3n) is 10.9. The van der Waals surface area contributed by atoms with E-state index in [2.05, 4.69) is 14.8 Å². The van der Waals surface area contributed by atoms with Crippen molar-refractivity contribution in [3.8, 4) is 0 Å². The predicted molar refractivity (Wildman–Crippen MR) is 223 cm³/mol. The van der Waals surface area contributed by atoms with Gasteiger partial charge in [0.25, 0.3) is 0 Å². The van der Waals surface area contributed by atoms with E-state index >= 15 is 0 Å². The van der Waals surface area contributed by atoms with E-state index in [4.69, 9.17) is 78.4 Å². The van der Waals surface area contributed by atoms with Gasteiger partial charge in [-0.1, -0.05) is 13.8 Å². The fourth-order valence-corrected chi connectivity index (χ4v) is 7.55. The molecule has 8 fully saturated rings. The highest BCUT2D eigenvalue weighted by Gasteiger charge is 2.60. The van der Waals surface area contributed by atoms with E-state index < -0.39 is 122 Å². The van der Waals surface area contributed by atoms with E-state index in [0.29, 0.717) is 25.8 Å². The van der Waals surface area contributed by atoms with Gasteiger partial charge >= 0.3 is 29.8 Å².